The Labute approximate surface area is 160 Å². The summed E-state index contributed by atoms with van der Waals surface area (Å²) >= 11 is 1.44. The second kappa shape index (κ2) is 7.03. The first-order valence-corrected chi connectivity index (χ1v) is 9.66. The molecule has 0 fully saturated rings. The molecule has 3 aromatic rings. The summed E-state index contributed by atoms with van der Waals surface area (Å²) in [6, 6.07) is 3.60. The maximum Gasteiger partial charge on any atom is 0.262 e. The number of ether oxygens (including phenoxy) is 1. The fourth-order valence-electron chi connectivity index (χ4n) is 3.44. The van der Waals surface area contributed by atoms with Crippen LogP contribution in [0.3, 0.4) is 0 Å². The molecule has 1 aliphatic rings. The zero-order valence-electron chi connectivity index (χ0n) is 14.9. The van der Waals surface area contributed by atoms with Crippen LogP contribution in [0, 0.1) is 6.92 Å². The normalized spacial score (nSPS) is 13.4. The first kappa shape index (κ1) is 17.5. The summed E-state index contributed by atoms with van der Waals surface area (Å²) in [6.45, 7) is 1.72. The fourth-order valence-corrected chi connectivity index (χ4v) is 4.75. The minimum absolute atomic E-state index is 0.174. The molecule has 3 heterocycles. The molecular formula is C19H20N4O3S. The minimum Gasteiger partial charge on any atom is -0.480 e. The summed E-state index contributed by atoms with van der Waals surface area (Å²) in [7, 11) is 0. The van der Waals surface area contributed by atoms with Gasteiger partial charge in [0.05, 0.1) is 11.3 Å². The van der Waals surface area contributed by atoms with Gasteiger partial charge in [-0.1, -0.05) is 0 Å². The molecule has 3 N–H and O–H groups in total. The van der Waals surface area contributed by atoms with Crippen molar-refractivity contribution in [2.45, 2.75) is 32.6 Å². The lowest BCUT2D eigenvalue weighted by Crippen LogP contribution is -2.22. The Morgan fingerprint density at radius 2 is 2.19 bits per heavy atom. The number of hydrogen-bond acceptors (Lipinski definition) is 5. The van der Waals surface area contributed by atoms with Crippen LogP contribution in [0.25, 0.3) is 5.65 Å². The maximum atomic E-state index is 12.4. The van der Waals surface area contributed by atoms with E-state index in [0.717, 1.165) is 41.8 Å². The van der Waals surface area contributed by atoms with E-state index in [-0.39, 0.29) is 12.5 Å². The molecule has 0 saturated carbocycles. The largest absolute Gasteiger partial charge is 0.480 e. The highest BCUT2D eigenvalue weighted by Gasteiger charge is 2.25. The van der Waals surface area contributed by atoms with Gasteiger partial charge in [-0.15, -0.1) is 11.3 Å². The summed E-state index contributed by atoms with van der Waals surface area (Å²) in [5.74, 6) is -0.300. The molecule has 0 bridgehead atoms. The molecule has 1 aliphatic carbocycles. The topological polar surface area (TPSA) is 98.7 Å². The quantitative estimate of drug-likeness (QED) is 0.706. The van der Waals surface area contributed by atoms with Gasteiger partial charge in [-0.3, -0.25) is 9.59 Å². The standard InChI is InChI=1S/C19H20N4O3S/c1-11-9-23-8-4-6-13(18(23)21-11)26-10-15(24)22-19-16(17(20)25)12-5-2-3-7-14(12)27-19/h4,6,8-9H,2-3,5,7,10H2,1H3,(H2,20,25)(H,22,24). The van der Waals surface area contributed by atoms with E-state index in [0.29, 0.717) is 22.0 Å². The number of carbonyl (C=O) groups is 2. The molecule has 4 rings (SSSR count). The number of fused-ring (bicyclic) bond motifs is 2. The van der Waals surface area contributed by atoms with E-state index >= 15 is 0 Å². The Bertz CT molecular complexity index is 1040. The maximum absolute atomic E-state index is 12.4. The number of imidazole rings is 1. The Hall–Kier alpha value is -2.87. The Balaban J connectivity index is 1.50. The predicted molar refractivity (Wildman–Crippen MR) is 104 cm³/mol. The van der Waals surface area contributed by atoms with E-state index in [4.69, 9.17) is 10.5 Å². The molecule has 140 valence electrons. The van der Waals surface area contributed by atoms with Gasteiger partial charge >= 0.3 is 0 Å². The predicted octanol–water partition coefficient (Wildman–Crippen LogP) is 2.70. The highest BCUT2D eigenvalue weighted by atomic mass is 32.1. The average molecular weight is 384 g/mol. The Morgan fingerprint density at radius 3 is 3.00 bits per heavy atom. The third kappa shape index (κ3) is 3.40. The lowest BCUT2D eigenvalue weighted by Gasteiger charge is -2.11. The fraction of sp³-hybridized carbons (Fsp3) is 0.316. The zero-order valence-corrected chi connectivity index (χ0v) is 15.8. The second-order valence-electron chi connectivity index (χ2n) is 6.60. The number of nitrogens with one attached hydrogen (secondary N) is 1. The number of hydrogen-bond donors (Lipinski definition) is 2. The number of anilines is 1. The summed E-state index contributed by atoms with van der Waals surface area (Å²) in [5, 5.41) is 3.32. The van der Waals surface area contributed by atoms with Crippen LogP contribution in [-0.2, 0) is 17.6 Å². The molecule has 0 aromatic carbocycles. The van der Waals surface area contributed by atoms with Gasteiger partial charge in [0.25, 0.3) is 11.8 Å². The molecule has 0 spiro atoms. The minimum atomic E-state index is -0.497. The van der Waals surface area contributed by atoms with Gasteiger partial charge < -0.3 is 20.2 Å². The molecule has 0 unspecified atom stereocenters. The molecule has 0 atom stereocenters. The highest BCUT2D eigenvalue weighted by Crippen LogP contribution is 2.37. The van der Waals surface area contributed by atoms with Gasteiger partial charge in [0.15, 0.2) is 18.0 Å². The molecule has 27 heavy (non-hydrogen) atoms. The summed E-state index contributed by atoms with van der Waals surface area (Å²) < 4.78 is 7.51. The van der Waals surface area contributed by atoms with E-state index in [2.05, 4.69) is 10.3 Å². The van der Waals surface area contributed by atoms with Gasteiger partial charge in [-0.2, -0.15) is 0 Å². The number of carbonyl (C=O) groups excluding carboxylic acids is 2. The number of nitrogens with two attached hydrogens (primary N) is 1. The number of aromatic nitrogens is 2. The number of amides is 2. The van der Waals surface area contributed by atoms with Gasteiger partial charge in [0.2, 0.25) is 0 Å². The molecule has 2 amide bonds. The summed E-state index contributed by atoms with van der Waals surface area (Å²) in [6.07, 6.45) is 7.64. The van der Waals surface area contributed by atoms with Crippen molar-refractivity contribution >= 4 is 33.8 Å². The van der Waals surface area contributed by atoms with Crippen LogP contribution in [0.1, 0.15) is 39.3 Å². The molecule has 7 nitrogen and oxygen atoms in total. The number of rotatable bonds is 5. The van der Waals surface area contributed by atoms with Gasteiger partial charge in [0, 0.05) is 17.3 Å². The third-order valence-corrected chi connectivity index (χ3v) is 5.80. The monoisotopic (exact) mass is 384 g/mol. The van der Waals surface area contributed by atoms with Crippen molar-refractivity contribution in [1.29, 1.82) is 0 Å². The first-order valence-electron chi connectivity index (χ1n) is 8.84. The number of nitrogens with zero attached hydrogens (tertiary/aromatic N) is 2. The van der Waals surface area contributed by atoms with Crippen LogP contribution in [0.4, 0.5) is 5.00 Å². The van der Waals surface area contributed by atoms with Crippen LogP contribution < -0.4 is 15.8 Å². The van der Waals surface area contributed by atoms with Gasteiger partial charge in [0.1, 0.15) is 5.00 Å². The van der Waals surface area contributed by atoms with E-state index < -0.39 is 5.91 Å². The second-order valence-corrected chi connectivity index (χ2v) is 7.71. The number of thiophene rings is 1. The van der Waals surface area contributed by atoms with Gasteiger partial charge in [-0.05, 0) is 50.3 Å². The molecular weight excluding hydrogens is 364 g/mol. The van der Waals surface area contributed by atoms with Crippen LogP contribution in [0.15, 0.2) is 24.5 Å². The average Bonchev–Trinajstić information content (AvgIpc) is 3.19. The van der Waals surface area contributed by atoms with E-state index in [9.17, 15) is 9.59 Å². The first-order chi connectivity index (χ1) is 13.0. The molecule has 0 saturated heterocycles. The zero-order chi connectivity index (χ0) is 19.0. The smallest absolute Gasteiger partial charge is 0.262 e. The van der Waals surface area contributed by atoms with Crippen molar-refractivity contribution in [1.82, 2.24) is 9.38 Å². The Morgan fingerprint density at radius 1 is 1.37 bits per heavy atom. The van der Waals surface area contributed by atoms with E-state index in [1.165, 1.54) is 11.3 Å². The third-order valence-electron chi connectivity index (χ3n) is 4.60. The lowest BCUT2D eigenvalue weighted by molar-refractivity contribution is -0.118. The number of pyridine rings is 1. The van der Waals surface area contributed by atoms with E-state index in [1.54, 1.807) is 6.07 Å². The van der Waals surface area contributed by atoms with Crippen molar-refractivity contribution in [3.63, 3.8) is 0 Å². The van der Waals surface area contributed by atoms with Crippen LogP contribution >= 0.6 is 11.3 Å². The molecule has 3 aromatic heterocycles. The molecule has 0 radical (unpaired) electrons. The lowest BCUT2D eigenvalue weighted by atomic mass is 9.95. The van der Waals surface area contributed by atoms with Crippen molar-refractivity contribution in [2.24, 2.45) is 5.73 Å². The van der Waals surface area contributed by atoms with Gasteiger partial charge in [-0.25, -0.2) is 4.98 Å². The van der Waals surface area contributed by atoms with Crippen molar-refractivity contribution in [3.05, 3.63) is 46.2 Å². The number of aryl methyl sites for hydroxylation is 2. The molecule has 0 aliphatic heterocycles. The van der Waals surface area contributed by atoms with Crippen molar-refractivity contribution in [3.8, 4) is 5.75 Å². The summed E-state index contributed by atoms with van der Waals surface area (Å²) in [5.41, 5.74) is 8.53. The van der Waals surface area contributed by atoms with Crippen LogP contribution in [0.2, 0.25) is 0 Å². The number of primary amides is 1. The van der Waals surface area contributed by atoms with Crippen molar-refractivity contribution < 1.29 is 14.3 Å². The molecule has 8 heteroatoms. The SMILES string of the molecule is Cc1cn2cccc(OCC(=O)Nc3sc4c(c3C(N)=O)CCCC4)c2n1. The Kier molecular flexibility index (Phi) is 4.57. The highest BCUT2D eigenvalue weighted by molar-refractivity contribution is 7.17. The van der Waals surface area contributed by atoms with Crippen LogP contribution in [0.5, 0.6) is 5.75 Å². The van der Waals surface area contributed by atoms with E-state index in [1.807, 2.05) is 29.8 Å². The summed E-state index contributed by atoms with van der Waals surface area (Å²) in [4.78, 5) is 29.9. The van der Waals surface area contributed by atoms with Crippen LogP contribution in [-0.4, -0.2) is 27.8 Å². The van der Waals surface area contributed by atoms with Crippen molar-refractivity contribution in [2.75, 3.05) is 11.9 Å².